The normalized spacial score (nSPS) is 14.8. The lowest BCUT2D eigenvalue weighted by Crippen LogP contribution is -2.48. The van der Waals surface area contributed by atoms with E-state index in [0.717, 1.165) is 13.0 Å². The minimum Gasteiger partial charge on any atom is -0.392 e. The Kier molecular flexibility index (Phi) is 5.97. The highest BCUT2D eigenvalue weighted by molar-refractivity contribution is 7.98. The molecule has 0 spiro atoms. The Balaban J connectivity index is 3.47. The van der Waals surface area contributed by atoms with Gasteiger partial charge in [0.25, 0.3) is 0 Å². The van der Waals surface area contributed by atoms with Crippen LogP contribution in [-0.4, -0.2) is 35.3 Å². The quantitative estimate of drug-likeness (QED) is 0.624. The smallest absolute Gasteiger partial charge is 0.0688 e. The Morgan fingerprint density at radius 3 is 2.50 bits per heavy atom. The van der Waals surface area contributed by atoms with E-state index in [1.165, 1.54) is 5.75 Å². The maximum absolute atomic E-state index is 9.37. The zero-order chi connectivity index (χ0) is 9.61. The summed E-state index contributed by atoms with van der Waals surface area (Å²) in [6.07, 6.45) is 2.98. The second-order valence-electron chi connectivity index (χ2n) is 3.67. The molecule has 0 saturated heterocycles. The SMILES string of the molecule is CSCCCNC(C)(C)C(C)O. The number of rotatable bonds is 6. The van der Waals surface area contributed by atoms with Crippen LogP contribution >= 0.6 is 11.8 Å². The number of hydrogen-bond donors (Lipinski definition) is 2. The minimum absolute atomic E-state index is 0.154. The van der Waals surface area contributed by atoms with Crippen molar-refractivity contribution in [1.29, 1.82) is 0 Å². The lowest BCUT2D eigenvalue weighted by molar-refractivity contribution is 0.0971. The van der Waals surface area contributed by atoms with Gasteiger partial charge in [0.2, 0.25) is 0 Å². The summed E-state index contributed by atoms with van der Waals surface area (Å²) in [6, 6.07) is 0. The average molecular weight is 191 g/mol. The summed E-state index contributed by atoms with van der Waals surface area (Å²) in [4.78, 5) is 0. The topological polar surface area (TPSA) is 32.3 Å². The van der Waals surface area contributed by atoms with E-state index in [9.17, 15) is 5.11 Å². The van der Waals surface area contributed by atoms with Crippen molar-refractivity contribution in [2.45, 2.75) is 38.8 Å². The van der Waals surface area contributed by atoms with Crippen LogP contribution in [0.15, 0.2) is 0 Å². The van der Waals surface area contributed by atoms with Crippen LogP contribution in [0.25, 0.3) is 0 Å². The first-order chi connectivity index (χ1) is 5.50. The Labute approximate surface area is 80.1 Å². The standard InChI is InChI=1S/C9H21NOS/c1-8(11)9(2,3)10-6-5-7-12-4/h8,10-11H,5-7H2,1-4H3. The number of aliphatic hydroxyl groups is 1. The molecule has 0 rings (SSSR count). The van der Waals surface area contributed by atoms with Crippen LogP contribution in [0.2, 0.25) is 0 Å². The molecule has 0 amide bonds. The monoisotopic (exact) mass is 191 g/mol. The molecule has 0 aliphatic carbocycles. The van der Waals surface area contributed by atoms with Crippen molar-refractivity contribution in [2.75, 3.05) is 18.6 Å². The zero-order valence-electron chi connectivity index (χ0n) is 8.55. The van der Waals surface area contributed by atoms with Crippen molar-refractivity contribution in [1.82, 2.24) is 5.32 Å². The second kappa shape index (κ2) is 5.84. The zero-order valence-corrected chi connectivity index (χ0v) is 9.37. The molecule has 0 aliphatic heterocycles. The molecule has 0 aromatic heterocycles. The predicted molar refractivity (Wildman–Crippen MR) is 56.8 cm³/mol. The molecule has 2 nitrogen and oxygen atoms in total. The highest BCUT2D eigenvalue weighted by Crippen LogP contribution is 2.08. The molecule has 0 aromatic rings. The van der Waals surface area contributed by atoms with E-state index in [4.69, 9.17) is 0 Å². The Hall–Kier alpha value is 0.270. The van der Waals surface area contributed by atoms with Crippen LogP contribution < -0.4 is 5.32 Å². The number of hydrogen-bond acceptors (Lipinski definition) is 3. The van der Waals surface area contributed by atoms with E-state index in [1.54, 1.807) is 0 Å². The molecular weight excluding hydrogens is 170 g/mol. The Morgan fingerprint density at radius 2 is 2.08 bits per heavy atom. The molecule has 0 aromatic carbocycles. The molecule has 1 atom stereocenters. The molecule has 0 heterocycles. The summed E-state index contributed by atoms with van der Waals surface area (Å²) >= 11 is 1.86. The van der Waals surface area contributed by atoms with Gasteiger partial charge in [0.15, 0.2) is 0 Å². The Bertz CT molecular complexity index is 115. The lowest BCUT2D eigenvalue weighted by atomic mass is 9.99. The van der Waals surface area contributed by atoms with Gasteiger partial charge in [-0.2, -0.15) is 11.8 Å². The lowest BCUT2D eigenvalue weighted by Gasteiger charge is -2.29. The third-order valence-electron chi connectivity index (χ3n) is 2.15. The van der Waals surface area contributed by atoms with Crippen molar-refractivity contribution in [3.05, 3.63) is 0 Å². The third kappa shape index (κ3) is 5.01. The third-order valence-corrected chi connectivity index (χ3v) is 2.85. The maximum Gasteiger partial charge on any atom is 0.0688 e. The fourth-order valence-electron chi connectivity index (χ4n) is 0.775. The van der Waals surface area contributed by atoms with Crippen molar-refractivity contribution < 1.29 is 5.11 Å². The van der Waals surface area contributed by atoms with Crippen LogP contribution in [-0.2, 0) is 0 Å². The van der Waals surface area contributed by atoms with Crippen LogP contribution in [0, 0.1) is 0 Å². The molecule has 2 N–H and O–H groups in total. The first-order valence-electron chi connectivity index (χ1n) is 4.42. The van der Waals surface area contributed by atoms with E-state index in [-0.39, 0.29) is 11.6 Å². The molecule has 74 valence electrons. The van der Waals surface area contributed by atoms with Crippen molar-refractivity contribution in [3.8, 4) is 0 Å². The fourth-order valence-corrected chi connectivity index (χ4v) is 1.21. The highest BCUT2D eigenvalue weighted by atomic mass is 32.2. The van der Waals surface area contributed by atoms with Gasteiger partial charge in [0.1, 0.15) is 0 Å². The predicted octanol–water partition coefficient (Wildman–Crippen LogP) is 1.49. The molecule has 0 aliphatic rings. The molecule has 0 fully saturated rings. The molecule has 0 radical (unpaired) electrons. The molecule has 3 heteroatoms. The molecule has 0 bridgehead atoms. The summed E-state index contributed by atoms with van der Waals surface area (Å²) in [5, 5.41) is 12.7. The van der Waals surface area contributed by atoms with Gasteiger partial charge < -0.3 is 10.4 Å². The number of thioether (sulfide) groups is 1. The van der Waals surface area contributed by atoms with Crippen LogP contribution in [0.4, 0.5) is 0 Å². The van der Waals surface area contributed by atoms with Crippen LogP contribution in [0.3, 0.4) is 0 Å². The number of aliphatic hydroxyl groups excluding tert-OH is 1. The Morgan fingerprint density at radius 1 is 1.50 bits per heavy atom. The van der Waals surface area contributed by atoms with Crippen LogP contribution in [0.5, 0.6) is 0 Å². The van der Waals surface area contributed by atoms with E-state index >= 15 is 0 Å². The van der Waals surface area contributed by atoms with E-state index in [1.807, 2.05) is 32.5 Å². The van der Waals surface area contributed by atoms with Crippen molar-refractivity contribution >= 4 is 11.8 Å². The highest BCUT2D eigenvalue weighted by Gasteiger charge is 2.22. The molecule has 0 saturated carbocycles. The summed E-state index contributed by atoms with van der Waals surface area (Å²) in [5.74, 6) is 1.18. The molecule has 1 unspecified atom stereocenters. The van der Waals surface area contributed by atoms with Gasteiger partial charge in [-0.1, -0.05) is 0 Å². The van der Waals surface area contributed by atoms with Gasteiger partial charge in [-0.3, -0.25) is 0 Å². The van der Waals surface area contributed by atoms with E-state index < -0.39 is 0 Å². The summed E-state index contributed by atoms with van der Waals surface area (Å²) in [7, 11) is 0. The van der Waals surface area contributed by atoms with Crippen LogP contribution in [0.1, 0.15) is 27.2 Å². The number of nitrogens with one attached hydrogen (secondary N) is 1. The summed E-state index contributed by atoms with van der Waals surface area (Å²) in [6.45, 7) is 6.85. The molecule has 12 heavy (non-hydrogen) atoms. The molecular formula is C9H21NOS. The first-order valence-corrected chi connectivity index (χ1v) is 5.82. The largest absolute Gasteiger partial charge is 0.392 e. The fraction of sp³-hybridized carbons (Fsp3) is 1.00. The maximum atomic E-state index is 9.37. The summed E-state index contributed by atoms with van der Waals surface area (Å²) in [5.41, 5.74) is -0.154. The van der Waals surface area contributed by atoms with Gasteiger partial charge in [-0.05, 0) is 45.7 Å². The van der Waals surface area contributed by atoms with Gasteiger partial charge in [0, 0.05) is 5.54 Å². The van der Waals surface area contributed by atoms with Crippen molar-refractivity contribution in [2.24, 2.45) is 0 Å². The summed E-state index contributed by atoms with van der Waals surface area (Å²) < 4.78 is 0. The van der Waals surface area contributed by atoms with Crippen molar-refractivity contribution in [3.63, 3.8) is 0 Å². The van der Waals surface area contributed by atoms with Gasteiger partial charge in [0.05, 0.1) is 6.10 Å². The van der Waals surface area contributed by atoms with E-state index in [0.29, 0.717) is 0 Å². The minimum atomic E-state index is -0.299. The van der Waals surface area contributed by atoms with Gasteiger partial charge >= 0.3 is 0 Å². The second-order valence-corrected chi connectivity index (χ2v) is 4.66. The van der Waals surface area contributed by atoms with Gasteiger partial charge in [-0.15, -0.1) is 0 Å². The average Bonchev–Trinajstić information content (AvgIpc) is 1.98. The van der Waals surface area contributed by atoms with Gasteiger partial charge in [-0.25, -0.2) is 0 Å². The first kappa shape index (κ1) is 12.3. The van der Waals surface area contributed by atoms with E-state index in [2.05, 4.69) is 11.6 Å².